The number of hydrogen-bond donors (Lipinski definition) is 1. The number of amides is 1. The molecular weight excluding hydrogens is 206 g/mol. The summed E-state index contributed by atoms with van der Waals surface area (Å²) in [5.74, 6) is -0.801. The Labute approximate surface area is 93.5 Å². The highest BCUT2D eigenvalue weighted by Crippen LogP contribution is 2.22. The van der Waals surface area contributed by atoms with Crippen molar-refractivity contribution in [3.8, 4) is 0 Å². The van der Waals surface area contributed by atoms with E-state index < -0.39 is 5.97 Å². The molecule has 0 aromatic heterocycles. The zero-order valence-corrected chi connectivity index (χ0v) is 8.85. The van der Waals surface area contributed by atoms with E-state index in [1.165, 1.54) is 0 Å². The third kappa shape index (κ3) is 2.05. The quantitative estimate of drug-likeness (QED) is 0.835. The van der Waals surface area contributed by atoms with E-state index in [1.807, 2.05) is 24.3 Å². The fourth-order valence-corrected chi connectivity index (χ4v) is 1.92. The van der Waals surface area contributed by atoms with E-state index >= 15 is 0 Å². The van der Waals surface area contributed by atoms with Gasteiger partial charge in [0.25, 0.3) is 5.91 Å². The number of benzene rings is 1. The van der Waals surface area contributed by atoms with Crippen LogP contribution in [0.3, 0.4) is 0 Å². The molecule has 4 heteroatoms. The number of carboxylic acids is 1. The minimum atomic E-state index is -0.816. The lowest BCUT2D eigenvalue weighted by Crippen LogP contribution is -2.25. The molecule has 1 aliphatic heterocycles. The Bertz CT molecular complexity index is 428. The van der Waals surface area contributed by atoms with E-state index in [0.717, 1.165) is 11.1 Å². The van der Waals surface area contributed by atoms with E-state index in [9.17, 15) is 9.59 Å². The molecule has 84 valence electrons. The van der Waals surface area contributed by atoms with Crippen LogP contribution in [-0.2, 0) is 11.3 Å². The highest BCUT2D eigenvalue weighted by atomic mass is 16.4. The summed E-state index contributed by atoms with van der Waals surface area (Å²) in [6.45, 7) is 1.12. The molecule has 1 heterocycles. The molecule has 0 aliphatic carbocycles. The van der Waals surface area contributed by atoms with Gasteiger partial charge in [0.15, 0.2) is 0 Å². The van der Waals surface area contributed by atoms with E-state index in [-0.39, 0.29) is 12.3 Å². The molecule has 1 aromatic rings. The Morgan fingerprint density at radius 2 is 2.12 bits per heavy atom. The minimum Gasteiger partial charge on any atom is -0.481 e. The van der Waals surface area contributed by atoms with Gasteiger partial charge in [-0.1, -0.05) is 18.2 Å². The Hall–Kier alpha value is -1.84. The summed E-state index contributed by atoms with van der Waals surface area (Å²) < 4.78 is 0. The summed E-state index contributed by atoms with van der Waals surface area (Å²) in [6.07, 6.45) is 0.620. The van der Waals surface area contributed by atoms with Crippen molar-refractivity contribution in [2.24, 2.45) is 0 Å². The van der Waals surface area contributed by atoms with Crippen molar-refractivity contribution in [2.45, 2.75) is 19.4 Å². The van der Waals surface area contributed by atoms with Gasteiger partial charge in [0.1, 0.15) is 0 Å². The lowest BCUT2D eigenvalue weighted by Gasteiger charge is -2.14. The average Bonchev–Trinajstić information content (AvgIpc) is 2.56. The molecule has 16 heavy (non-hydrogen) atoms. The standard InChI is InChI=1S/C12H13NO3/c14-11(15)6-3-7-13-8-9-4-1-2-5-10(9)12(13)16/h1-2,4-5H,3,6-8H2,(H,14,15). The van der Waals surface area contributed by atoms with Crippen LogP contribution in [0, 0.1) is 0 Å². The molecule has 1 amide bonds. The smallest absolute Gasteiger partial charge is 0.303 e. The maximum Gasteiger partial charge on any atom is 0.303 e. The van der Waals surface area contributed by atoms with Crippen LogP contribution in [-0.4, -0.2) is 28.4 Å². The van der Waals surface area contributed by atoms with Gasteiger partial charge in [-0.15, -0.1) is 0 Å². The number of aliphatic carboxylic acids is 1. The summed E-state index contributed by atoms with van der Waals surface area (Å²) in [4.78, 5) is 23.9. The van der Waals surface area contributed by atoms with Gasteiger partial charge in [-0.2, -0.15) is 0 Å². The molecule has 0 saturated heterocycles. The van der Waals surface area contributed by atoms with Crippen LogP contribution in [0.15, 0.2) is 24.3 Å². The topological polar surface area (TPSA) is 57.6 Å². The number of carboxylic acid groups (broad SMARTS) is 1. The van der Waals surface area contributed by atoms with E-state index in [2.05, 4.69) is 0 Å². The zero-order valence-electron chi connectivity index (χ0n) is 8.85. The van der Waals surface area contributed by atoms with Crippen molar-refractivity contribution in [3.63, 3.8) is 0 Å². The van der Waals surface area contributed by atoms with Crippen molar-refractivity contribution in [3.05, 3.63) is 35.4 Å². The molecule has 0 radical (unpaired) electrons. The van der Waals surface area contributed by atoms with Crippen molar-refractivity contribution >= 4 is 11.9 Å². The largest absolute Gasteiger partial charge is 0.481 e. The minimum absolute atomic E-state index is 0.0148. The van der Waals surface area contributed by atoms with Gasteiger partial charge in [0.05, 0.1) is 0 Å². The van der Waals surface area contributed by atoms with Gasteiger partial charge in [-0.3, -0.25) is 9.59 Å². The van der Waals surface area contributed by atoms with Crippen LogP contribution in [0.2, 0.25) is 0 Å². The van der Waals surface area contributed by atoms with Crippen LogP contribution < -0.4 is 0 Å². The second kappa shape index (κ2) is 4.35. The normalized spacial score (nSPS) is 14.0. The van der Waals surface area contributed by atoms with Crippen LogP contribution in [0.1, 0.15) is 28.8 Å². The van der Waals surface area contributed by atoms with Crippen LogP contribution in [0.25, 0.3) is 0 Å². The van der Waals surface area contributed by atoms with E-state index in [4.69, 9.17) is 5.11 Å². The number of carbonyl (C=O) groups excluding carboxylic acids is 1. The predicted octanol–water partition coefficient (Wildman–Crippen LogP) is 1.51. The van der Waals surface area contributed by atoms with Gasteiger partial charge in [0.2, 0.25) is 0 Å². The first-order chi connectivity index (χ1) is 7.68. The first kappa shape index (κ1) is 10.7. The van der Waals surface area contributed by atoms with Gasteiger partial charge in [-0.25, -0.2) is 0 Å². The maximum atomic E-state index is 11.9. The number of rotatable bonds is 4. The average molecular weight is 219 g/mol. The van der Waals surface area contributed by atoms with Crippen molar-refractivity contribution in [1.29, 1.82) is 0 Å². The molecule has 0 fully saturated rings. The molecule has 0 unspecified atom stereocenters. The van der Waals surface area contributed by atoms with Crippen molar-refractivity contribution < 1.29 is 14.7 Å². The second-order valence-electron chi connectivity index (χ2n) is 3.88. The molecule has 0 spiro atoms. The Morgan fingerprint density at radius 1 is 1.38 bits per heavy atom. The molecule has 2 rings (SSSR count). The third-order valence-corrected chi connectivity index (χ3v) is 2.71. The van der Waals surface area contributed by atoms with E-state index in [0.29, 0.717) is 19.5 Å². The number of fused-ring (bicyclic) bond motifs is 1. The molecule has 0 bridgehead atoms. The third-order valence-electron chi connectivity index (χ3n) is 2.71. The molecule has 0 saturated carbocycles. The summed E-state index contributed by atoms with van der Waals surface area (Å²) in [7, 11) is 0. The van der Waals surface area contributed by atoms with Crippen molar-refractivity contribution in [2.75, 3.05) is 6.54 Å². The lowest BCUT2D eigenvalue weighted by atomic mass is 10.1. The summed E-state index contributed by atoms with van der Waals surface area (Å²) >= 11 is 0. The number of hydrogen-bond acceptors (Lipinski definition) is 2. The summed E-state index contributed by atoms with van der Waals surface area (Å²) in [5, 5.41) is 8.52. The van der Waals surface area contributed by atoms with E-state index in [1.54, 1.807) is 4.90 Å². The summed E-state index contributed by atoms with van der Waals surface area (Å²) in [6, 6.07) is 7.50. The molecule has 1 aromatic carbocycles. The van der Waals surface area contributed by atoms with Gasteiger partial charge in [-0.05, 0) is 18.1 Å². The molecule has 0 atom stereocenters. The highest BCUT2D eigenvalue weighted by Gasteiger charge is 2.25. The highest BCUT2D eigenvalue weighted by molar-refractivity contribution is 5.98. The Balaban J connectivity index is 1.97. The van der Waals surface area contributed by atoms with Crippen LogP contribution in [0.5, 0.6) is 0 Å². The Morgan fingerprint density at radius 3 is 2.81 bits per heavy atom. The predicted molar refractivity (Wildman–Crippen MR) is 58.1 cm³/mol. The van der Waals surface area contributed by atoms with Crippen LogP contribution >= 0.6 is 0 Å². The number of carbonyl (C=O) groups is 2. The molecular formula is C12H13NO3. The monoisotopic (exact) mass is 219 g/mol. The molecule has 1 aliphatic rings. The summed E-state index contributed by atoms with van der Waals surface area (Å²) in [5.41, 5.74) is 1.78. The first-order valence-electron chi connectivity index (χ1n) is 5.27. The SMILES string of the molecule is O=C(O)CCCN1Cc2ccccc2C1=O. The maximum absolute atomic E-state index is 11.9. The van der Waals surface area contributed by atoms with Gasteiger partial charge < -0.3 is 10.0 Å². The number of nitrogens with zero attached hydrogens (tertiary/aromatic N) is 1. The van der Waals surface area contributed by atoms with Gasteiger partial charge in [0, 0.05) is 25.1 Å². The molecule has 1 N–H and O–H groups in total. The zero-order chi connectivity index (χ0) is 11.5. The Kier molecular flexibility index (Phi) is 2.90. The fourth-order valence-electron chi connectivity index (χ4n) is 1.92. The lowest BCUT2D eigenvalue weighted by molar-refractivity contribution is -0.137. The second-order valence-corrected chi connectivity index (χ2v) is 3.88. The van der Waals surface area contributed by atoms with Gasteiger partial charge >= 0.3 is 5.97 Å². The fraction of sp³-hybridized carbons (Fsp3) is 0.333. The van der Waals surface area contributed by atoms with Crippen LogP contribution in [0.4, 0.5) is 0 Å². The first-order valence-corrected chi connectivity index (χ1v) is 5.27. The van der Waals surface area contributed by atoms with Crippen molar-refractivity contribution in [1.82, 2.24) is 4.90 Å². The molecule has 4 nitrogen and oxygen atoms in total.